The highest BCUT2D eigenvalue weighted by atomic mass is 15.2. The van der Waals surface area contributed by atoms with Crippen molar-refractivity contribution in [3.63, 3.8) is 0 Å². The van der Waals surface area contributed by atoms with Crippen LogP contribution in [-0.4, -0.2) is 41.3 Å². The van der Waals surface area contributed by atoms with E-state index in [1.807, 2.05) is 0 Å². The molecule has 0 amide bonds. The predicted molar refractivity (Wildman–Crippen MR) is 60.8 cm³/mol. The number of hydrogen-bond acceptors (Lipinski definition) is 3. The smallest absolute Gasteiger partial charge is 0.0639 e. The first kappa shape index (κ1) is 10.6. The third-order valence-corrected chi connectivity index (χ3v) is 3.10. The van der Waals surface area contributed by atoms with Crippen LogP contribution in [0.15, 0.2) is 0 Å². The molecule has 0 aliphatic carbocycles. The molecule has 0 bridgehead atoms. The van der Waals surface area contributed by atoms with Crippen molar-refractivity contribution in [3.8, 4) is 0 Å². The minimum atomic E-state index is 1.04. The third-order valence-electron chi connectivity index (χ3n) is 3.10. The molecule has 4 nitrogen and oxygen atoms in total. The predicted octanol–water partition coefficient (Wildman–Crippen LogP) is 0.822. The van der Waals surface area contributed by atoms with Gasteiger partial charge in [0.25, 0.3) is 0 Å². The molecule has 84 valence electrons. The highest BCUT2D eigenvalue weighted by Gasteiger charge is 2.13. The summed E-state index contributed by atoms with van der Waals surface area (Å²) < 4.78 is 0. The Balaban J connectivity index is 2.00. The number of rotatable bonds is 2. The summed E-state index contributed by atoms with van der Waals surface area (Å²) in [6.07, 6.45) is 1.25. The lowest BCUT2D eigenvalue weighted by Crippen LogP contribution is -2.28. The Morgan fingerprint density at radius 2 is 2.13 bits per heavy atom. The van der Waals surface area contributed by atoms with E-state index in [0.717, 1.165) is 31.9 Å². The molecule has 0 saturated carbocycles. The van der Waals surface area contributed by atoms with E-state index in [2.05, 4.69) is 34.3 Å². The van der Waals surface area contributed by atoms with E-state index in [9.17, 15) is 0 Å². The quantitative estimate of drug-likeness (QED) is 0.756. The molecule has 0 atom stereocenters. The van der Waals surface area contributed by atoms with Gasteiger partial charge in [-0.2, -0.15) is 5.10 Å². The summed E-state index contributed by atoms with van der Waals surface area (Å²) in [5, 5.41) is 10.7. The number of nitrogens with one attached hydrogen (secondary N) is 2. The largest absolute Gasteiger partial charge is 0.315 e. The van der Waals surface area contributed by atoms with Crippen molar-refractivity contribution in [1.29, 1.82) is 0 Å². The summed E-state index contributed by atoms with van der Waals surface area (Å²) in [5.41, 5.74) is 3.73. The summed E-state index contributed by atoms with van der Waals surface area (Å²) in [6.45, 7) is 9.81. The van der Waals surface area contributed by atoms with Gasteiger partial charge >= 0.3 is 0 Å². The van der Waals surface area contributed by atoms with Crippen LogP contribution < -0.4 is 5.32 Å². The maximum atomic E-state index is 4.24. The molecule has 2 rings (SSSR count). The summed E-state index contributed by atoms with van der Waals surface area (Å²) >= 11 is 0. The minimum Gasteiger partial charge on any atom is -0.315 e. The summed E-state index contributed by atoms with van der Waals surface area (Å²) in [5.74, 6) is 0. The van der Waals surface area contributed by atoms with Crippen molar-refractivity contribution in [2.24, 2.45) is 0 Å². The van der Waals surface area contributed by atoms with E-state index in [0.29, 0.717) is 0 Å². The second kappa shape index (κ2) is 4.77. The Labute approximate surface area is 91.1 Å². The van der Waals surface area contributed by atoms with Crippen molar-refractivity contribution in [1.82, 2.24) is 20.4 Å². The molecule has 1 fully saturated rings. The van der Waals surface area contributed by atoms with Gasteiger partial charge < -0.3 is 5.32 Å². The number of H-pyrrole nitrogens is 1. The molecule has 0 radical (unpaired) electrons. The number of nitrogens with zero attached hydrogens (tertiary/aromatic N) is 2. The van der Waals surface area contributed by atoms with Crippen LogP contribution in [0.3, 0.4) is 0 Å². The van der Waals surface area contributed by atoms with Gasteiger partial charge in [0.2, 0.25) is 0 Å². The van der Waals surface area contributed by atoms with Crippen molar-refractivity contribution in [2.75, 3.05) is 26.2 Å². The molecule has 1 saturated heterocycles. The van der Waals surface area contributed by atoms with Crippen LogP contribution in [-0.2, 0) is 6.54 Å². The number of aromatic nitrogens is 2. The van der Waals surface area contributed by atoms with Crippen LogP contribution in [0.1, 0.15) is 23.4 Å². The Bertz CT molecular complexity index is 291. The van der Waals surface area contributed by atoms with Gasteiger partial charge in [-0.05, 0) is 33.4 Å². The summed E-state index contributed by atoms with van der Waals surface area (Å²) in [7, 11) is 0. The van der Waals surface area contributed by atoms with Crippen LogP contribution in [0.25, 0.3) is 0 Å². The Kier molecular flexibility index (Phi) is 3.38. The fraction of sp³-hybridized carbons (Fsp3) is 0.727. The third kappa shape index (κ3) is 2.58. The maximum absolute atomic E-state index is 4.24. The van der Waals surface area contributed by atoms with E-state index in [-0.39, 0.29) is 0 Å². The fourth-order valence-electron chi connectivity index (χ4n) is 2.09. The minimum absolute atomic E-state index is 1.04. The highest BCUT2D eigenvalue weighted by molar-refractivity contribution is 5.22. The second-order valence-corrected chi connectivity index (χ2v) is 4.29. The monoisotopic (exact) mass is 208 g/mol. The molecule has 1 aliphatic heterocycles. The summed E-state index contributed by atoms with van der Waals surface area (Å²) in [6, 6.07) is 0. The van der Waals surface area contributed by atoms with E-state index >= 15 is 0 Å². The van der Waals surface area contributed by atoms with E-state index in [1.165, 1.54) is 24.2 Å². The van der Waals surface area contributed by atoms with E-state index in [4.69, 9.17) is 0 Å². The standard InChI is InChI=1S/C11H20N4/c1-9-11(10(2)14-13-9)8-15-6-3-4-12-5-7-15/h12H,3-8H2,1-2H3,(H,13,14). The van der Waals surface area contributed by atoms with Gasteiger partial charge in [0.1, 0.15) is 0 Å². The molecule has 2 heterocycles. The highest BCUT2D eigenvalue weighted by Crippen LogP contribution is 2.13. The topological polar surface area (TPSA) is 44.0 Å². The molecule has 0 aromatic carbocycles. The fourth-order valence-corrected chi connectivity index (χ4v) is 2.09. The number of aryl methyl sites for hydroxylation is 2. The van der Waals surface area contributed by atoms with Crippen molar-refractivity contribution < 1.29 is 0 Å². The Morgan fingerprint density at radius 1 is 1.27 bits per heavy atom. The number of hydrogen-bond donors (Lipinski definition) is 2. The molecule has 4 heteroatoms. The van der Waals surface area contributed by atoms with Gasteiger partial charge in [0.15, 0.2) is 0 Å². The Morgan fingerprint density at radius 3 is 2.87 bits per heavy atom. The zero-order valence-electron chi connectivity index (χ0n) is 9.64. The maximum Gasteiger partial charge on any atom is 0.0639 e. The van der Waals surface area contributed by atoms with Crippen LogP contribution >= 0.6 is 0 Å². The van der Waals surface area contributed by atoms with Gasteiger partial charge in [-0.25, -0.2) is 0 Å². The molecule has 0 unspecified atom stereocenters. The Hall–Kier alpha value is -0.870. The first-order chi connectivity index (χ1) is 7.27. The normalized spacial score (nSPS) is 19.1. The van der Waals surface area contributed by atoms with Gasteiger partial charge in [0, 0.05) is 30.9 Å². The first-order valence-electron chi connectivity index (χ1n) is 5.71. The van der Waals surface area contributed by atoms with Crippen molar-refractivity contribution >= 4 is 0 Å². The molecule has 2 N–H and O–H groups in total. The lowest BCUT2D eigenvalue weighted by atomic mass is 10.2. The molecule has 1 aromatic rings. The van der Waals surface area contributed by atoms with E-state index in [1.54, 1.807) is 0 Å². The average Bonchev–Trinajstić information content (AvgIpc) is 2.49. The van der Waals surface area contributed by atoms with E-state index < -0.39 is 0 Å². The molecular formula is C11H20N4. The SMILES string of the molecule is Cc1n[nH]c(C)c1CN1CCCNCC1. The first-order valence-corrected chi connectivity index (χ1v) is 5.71. The van der Waals surface area contributed by atoms with Crippen LogP contribution in [0.2, 0.25) is 0 Å². The molecular weight excluding hydrogens is 188 g/mol. The molecule has 15 heavy (non-hydrogen) atoms. The lowest BCUT2D eigenvalue weighted by molar-refractivity contribution is 0.283. The van der Waals surface area contributed by atoms with Gasteiger partial charge in [-0.3, -0.25) is 10.00 Å². The molecule has 1 aromatic heterocycles. The molecule has 0 spiro atoms. The van der Waals surface area contributed by atoms with Crippen molar-refractivity contribution in [3.05, 3.63) is 17.0 Å². The van der Waals surface area contributed by atoms with Crippen LogP contribution in [0.5, 0.6) is 0 Å². The zero-order valence-corrected chi connectivity index (χ0v) is 9.64. The van der Waals surface area contributed by atoms with Crippen LogP contribution in [0, 0.1) is 13.8 Å². The van der Waals surface area contributed by atoms with Gasteiger partial charge in [-0.15, -0.1) is 0 Å². The summed E-state index contributed by atoms with van der Waals surface area (Å²) in [4.78, 5) is 2.50. The second-order valence-electron chi connectivity index (χ2n) is 4.29. The lowest BCUT2D eigenvalue weighted by Gasteiger charge is -2.19. The zero-order chi connectivity index (χ0) is 10.7. The van der Waals surface area contributed by atoms with Crippen LogP contribution in [0.4, 0.5) is 0 Å². The average molecular weight is 208 g/mol. The van der Waals surface area contributed by atoms with Crippen molar-refractivity contribution in [2.45, 2.75) is 26.8 Å². The number of aromatic amines is 1. The van der Waals surface area contributed by atoms with Gasteiger partial charge in [-0.1, -0.05) is 0 Å². The van der Waals surface area contributed by atoms with Gasteiger partial charge in [0.05, 0.1) is 5.69 Å². The molecule has 1 aliphatic rings.